The molecule has 1 aliphatic heterocycles. The molecular formula is C13H16N6O4. The molecule has 3 rings (SSSR count). The van der Waals surface area contributed by atoms with Gasteiger partial charge in [0.1, 0.15) is 24.6 Å². The van der Waals surface area contributed by atoms with Crippen molar-refractivity contribution in [2.24, 2.45) is 0 Å². The third kappa shape index (κ3) is 2.45. The zero-order valence-electron chi connectivity index (χ0n) is 12.0. The Morgan fingerprint density at radius 1 is 1.39 bits per heavy atom. The largest absolute Gasteiger partial charge is 0.394 e. The monoisotopic (exact) mass is 320 g/mol. The number of terminal acetylenes is 1. The first-order chi connectivity index (χ1) is 11.1. The topological polar surface area (TPSA) is 152 Å². The van der Waals surface area contributed by atoms with Gasteiger partial charge < -0.3 is 31.1 Å². The average Bonchev–Trinajstić information content (AvgIpc) is 3.05. The molecule has 10 nitrogen and oxygen atoms in total. The van der Waals surface area contributed by atoms with Gasteiger partial charge in [0.15, 0.2) is 23.2 Å². The molecule has 10 heteroatoms. The zero-order valence-corrected chi connectivity index (χ0v) is 12.0. The van der Waals surface area contributed by atoms with Gasteiger partial charge >= 0.3 is 0 Å². The van der Waals surface area contributed by atoms with Gasteiger partial charge in [-0.25, -0.2) is 15.0 Å². The molecular weight excluding hydrogens is 304 g/mol. The summed E-state index contributed by atoms with van der Waals surface area (Å²) < 4.78 is 6.97. The molecule has 1 saturated heterocycles. The van der Waals surface area contributed by atoms with Crippen LogP contribution in [0.25, 0.3) is 11.2 Å². The van der Waals surface area contributed by atoms with E-state index in [2.05, 4.69) is 26.2 Å². The van der Waals surface area contributed by atoms with Crippen LogP contribution in [0.2, 0.25) is 0 Å². The Morgan fingerprint density at radius 2 is 2.17 bits per heavy atom. The lowest BCUT2D eigenvalue weighted by molar-refractivity contribution is -0.0501. The van der Waals surface area contributed by atoms with Crippen LogP contribution in [0.1, 0.15) is 6.23 Å². The number of ether oxygens (including phenoxy) is 1. The minimum absolute atomic E-state index is 0.157. The molecule has 6 N–H and O–H groups in total. The van der Waals surface area contributed by atoms with Crippen molar-refractivity contribution in [3.63, 3.8) is 0 Å². The Hall–Kier alpha value is -2.45. The summed E-state index contributed by atoms with van der Waals surface area (Å²) in [6.45, 7) is -0.267. The first-order valence-electron chi connectivity index (χ1n) is 6.86. The van der Waals surface area contributed by atoms with Crippen LogP contribution in [0.15, 0.2) is 6.33 Å². The highest BCUT2D eigenvalue weighted by Crippen LogP contribution is 2.34. The van der Waals surface area contributed by atoms with E-state index in [1.807, 2.05) is 0 Å². The summed E-state index contributed by atoms with van der Waals surface area (Å²) >= 11 is 0. The van der Waals surface area contributed by atoms with E-state index in [0.29, 0.717) is 11.2 Å². The Bertz CT molecular complexity index is 757. The molecule has 0 unspecified atom stereocenters. The van der Waals surface area contributed by atoms with E-state index in [4.69, 9.17) is 16.9 Å². The van der Waals surface area contributed by atoms with Crippen LogP contribution in [-0.4, -0.2) is 66.3 Å². The lowest BCUT2D eigenvalue weighted by Gasteiger charge is -2.19. The average molecular weight is 320 g/mol. The number of nitrogens with one attached hydrogen (secondary N) is 1. The summed E-state index contributed by atoms with van der Waals surface area (Å²) in [6, 6.07) is 0. The Morgan fingerprint density at radius 3 is 2.83 bits per heavy atom. The second-order valence-electron chi connectivity index (χ2n) is 5.02. The number of imidazole rings is 1. The summed E-state index contributed by atoms with van der Waals surface area (Å²) in [5, 5.41) is 32.3. The lowest BCUT2D eigenvalue weighted by atomic mass is 10.1. The summed E-state index contributed by atoms with van der Waals surface area (Å²) in [7, 11) is 0. The molecule has 1 fully saturated rings. The van der Waals surface area contributed by atoms with Gasteiger partial charge in [0.05, 0.1) is 13.2 Å². The van der Waals surface area contributed by atoms with Crippen molar-refractivity contribution in [1.29, 1.82) is 0 Å². The fraction of sp³-hybridized carbons (Fsp3) is 0.462. The molecule has 122 valence electrons. The number of aromatic nitrogens is 4. The highest BCUT2D eigenvalue weighted by molar-refractivity contribution is 5.84. The number of nitrogen functional groups attached to an aromatic ring is 1. The van der Waals surface area contributed by atoms with E-state index in [1.165, 1.54) is 10.9 Å². The van der Waals surface area contributed by atoms with Crippen molar-refractivity contribution in [2.45, 2.75) is 24.5 Å². The molecule has 23 heavy (non-hydrogen) atoms. The van der Waals surface area contributed by atoms with Crippen molar-refractivity contribution < 1.29 is 20.1 Å². The van der Waals surface area contributed by atoms with E-state index in [1.54, 1.807) is 0 Å². The van der Waals surface area contributed by atoms with E-state index >= 15 is 0 Å². The number of rotatable bonds is 4. The predicted molar refractivity (Wildman–Crippen MR) is 80.1 cm³/mol. The standard InChI is InChI=1S/C13H16N6O4/c1-2-3-15-13-18-7-10(14)16-5-17-11(7)19(13)12-9(22)8(21)6(4-20)23-12/h1,5-6,8-9,12,20-22H,3-4H2,(H,15,18)(H2,14,16,17)/t6-,8-,9-,12-/m1/s1. The fourth-order valence-electron chi connectivity index (χ4n) is 2.52. The Balaban J connectivity index is 2.11. The maximum absolute atomic E-state index is 10.2. The highest BCUT2D eigenvalue weighted by atomic mass is 16.6. The highest BCUT2D eigenvalue weighted by Gasteiger charge is 2.45. The van der Waals surface area contributed by atoms with Gasteiger partial charge in [0, 0.05) is 0 Å². The number of nitrogens with zero attached hydrogens (tertiary/aromatic N) is 4. The SMILES string of the molecule is C#CCNc1nc2c(N)ncnc2n1[C@@H]1O[C@H](CO)[C@@H](O)[C@H]1O. The minimum Gasteiger partial charge on any atom is -0.394 e. The third-order valence-corrected chi connectivity index (χ3v) is 3.63. The number of nitrogens with two attached hydrogens (primary N) is 1. The Kier molecular flexibility index (Phi) is 4.01. The van der Waals surface area contributed by atoms with Gasteiger partial charge in [-0.15, -0.1) is 6.42 Å². The minimum atomic E-state index is -1.29. The number of hydrogen-bond donors (Lipinski definition) is 5. The second kappa shape index (κ2) is 5.98. The number of anilines is 2. The fourth-order valence-corrected chi connectivity index (χ4v) is 2.52. The van der Waals surface area contributed by atoms with Crippen molar-refractivity contribution in [1.82, 2.24) is 19.5 Å². The van der Waals surface area contributed by atoms with Crippen LogP contribution in [0.5, 0.6) is 0 Å². The quantitative estimate of drug-likeness (QED) is 0.405. The summed E-state index contributed by atoms with van der Waals surface area (Å²) in [5.74, 6) is 2.83. The van der Waals surface area contributed by atoms with Crippen LogP contribution < -0.4 is 11.1 Å². The summed E-state index contributed by atoms with van der Waals surface area (Å²) in [5.41, 5.74) is 6.42. The maximum atomic E-state index is 10.2. The number of aliphatic hydroxyl groups excluding tert-OH is 3. The van der Waals surface area contributed by atoms with Crippen molar-refractivity contribution in [2.75, 3.05) is 24.2 Å². The number of aliphatic hydroxyl groups is 3. The smallest absolute Gasteiger partial charge is 0.208 e. The van der Waals surface area contributed by atoms with E-state index in [9.17, 15) is 15.3 Å². The first kappa shape index (κ1) is 15.4. The van der Waals surface area contributed by atoms with Crippen LogP contribution in [0.4, 0.5) is 11.8 Å². The van der Waals surface area contributed by atoms with Gasteiger partial charge in [-0.3, -0.25) is 4.57 Å². The normalized spacial score (nSPS) is 27.2. The van der Waals surface area contributed by atoms with Crippen molar-refractivity contribution in [3.05, 3.63) is 6.33 Å². The molecule has 3 heterocycles. The van der Waals surface area contributed by atoms with E-state index < -0.39 is 31.1 Å². The number of fused-ring (bicyclic) bond motifs is 1. The first-order valence-corrected chi connectivity index (χ1v) is 6.86. The lowest BCUT2D eigenvalue weighted by Crippen LogP contribution is -2.33. The van der Waals surface area contributed by atoms with Crippen LogP contribution >= 0.6 is 0 Å². The Labute approximate surface area is 130 Å². The molecule has 0 radical (unpaired) electrons. The predicted octanol–water partition coefficient (Wildman–Crippen LogP) is -1.93. The van der Waals surface area contributed by atoms with Gasteiger partial charge in [0.2, 0.25) is 5.95 Å². The molecule has 4 atom stereocenters. The molecule has 1 aliphatic rings. The molecule has 0 spiro atoms. The molecule has 0 aliphatic carbocycles. The molecule has 0 saturated carbocycles. The molecule has 0 aromatic carbocycles. The third-order valence-electron chi connectivity index (χ3n) is 3.63. The molecule has 0 amide bonds. The van der Waals surface area contributed by atoms with Gasteiger partial charge in [-0.1, -0.05) is 5.92 Å². The van der Waals surface area contributed by atoms with Crippen LogP contribution in [0, 0.1) is 12.3 Å². The molecule has 2 aromatic rings. The molecule has 2 aromatic heterocycles. The van der Waals surface area contributed by atoms with Crippen molar-refractivity contribution >= 4 is 22.9 Å². The van der Waals surface area contributed by atoms with Gasteiger partial charge in [0.25, 0.3) is 0 Å². The zero-order chi connectivity index (χ0) is 16.6. The van der Waals surface area contributed by atoms with Crippen LogP contribution in [-0.2, 0) is 4.74 Å². The van der Waals surface area contributed by atoms with Crippen molar-refractivity contribution in [3.8, 4) is 12.3 Å². The van der Waals surface area contributed by atoms with Gasteiger partial charge in [-0.05, 0) is 0 Å². The summed E-state index contributed by atoms with van der Waals surface area (Å²) in [4.78, 5) is 12.2. The number of hydrogen-bond acceptors (Lipinski definition) is 9. The van der Waals surface area contributed by atoms with Crippen LogP contribution in [0.3, 0.4) is 0 Å². The maximum Gasteiger partial charge on any atom is 0.208 e. The second-order valence-corrected chi connectivity index (χ2v) is 5.02. The summed E-state index contributed by atoms with van der Waals surface area (Å²) in [6.07, 6.45) is 2.02. The van der Waals surface area contributed by atoms with Gasteiger partial charge in [-0.2, -0.15) is 0 Å². The molecule has 0 bridgehead atoms. The van der Waals surface area contributed by atoms with E-state index in [0.717, 1.165) is 0 Å². The van der Waals surface area contributed by atoms with E-state index in [-0.39, 0.29) is 18.3 Å².